The van der Waals surface area contributed by atoms with Gasteiger partial charge in [-0.3, -0.25) is 0 Å². The lowest BCUT2D eigenvalue weighted by Crippen LogP contribution is -2.61. The van der Waals surface area contributed by atoms with E-state index >= 15 is 0 Å². The van der Waals surface area contributed by atoms with Crippen molar-refractivity contribution >= 4 is 6.09 Å². The number of amides is 1. The first-order chi connectivity index (χ1) is 20.0. The Hall–Kier alpha value is -4.01. The second kappa shape index (κ2) is 11.1. The van der Waals surface area contributed by atoms with E-state index in [2.05, 4.69) is 0 Å². The predicted octanol–water partition coefficient (Wildman–Crippen LogP) is 4.51. The number of hydrogen-bond donors (Lipinski definition) is 2. The van der Waals surface area contributed by atoms with Crippen molar-refractivity contribution < 1.29 is 34.0 Å². The lowest BCUT2D eigenvalue weighted by molar-refractivity contribution is -0.0351. The Bertz CT molecular complexity index is 1440. The van der Waals surface area contributed by atoms with E-state index in [1.165, 1.54) is 7.11 Å². The summed E-state index contributed by atoms with van der Waals surface area (Å²) in [5.41, 5.74) is 3.92. The summed E-state index contributed by atoms with van der Waals surface area (Å²) in [6.07, 6.45) is -1.43. The highest BCUT2D eigenvalue weighted by molar-refractivity contribution is 5.72. The molecule has 2 N–H and O–H groups in total. The van der Waals surface area contributed by atoms with Gasteiger partial charge in [-0.25, -0.2) is 4.79 Å². The Morgan fingerprint density at radius 3 is 2.27 bits per heavy atom. The fraction of sp³-hybridized carbons (Fsp3) is 0.364. The molecule has 0 radical (unpaired) electrons. The van der Waals surface area contributed by atoms with Gasteiger partial charge in [-0.15, -0.1) is 0 Å². The molecule has 41 heavy (non-hydrogen) atoms. The number of benzene rings is 3. The summed E-state index contributed by atoms with van der Waals surface area (Å²) in [7, 11) is 3.11. The molecule has 1 heterocycles. The maximum absolute atomic E-state index is 13.5. The highest BCUT2D eigenvalue weighted by Crippen LogP contribution is 2.59. The van der Waals surface area contributed by atoms with Gasteiger partial charge in [0.15, 0.2) is 11.5 Å². The Labute approximate surface area is 239 Å². The number of aliphatic hydroxyl groups is 2. The van der Waals surface area contributed by atoms with Gasteiger partial charge in [0.25, 0.3) is 0 Å². The van der Waals surface area contributed by atoms with Crippen molar-refractivity contribution in [3.05, 3.63) is 106 Å². The molecule has 8 nitrogen and oxygen atoms in total. The summed E-state index contributed by atoms with van der Waals surface area (Å²) < 4.78 is 23.8. The van der Waals surface area contributed by atoms with Gasteiger partial charge in [0.05, 0.1) is 26.4 Å². The van der Waals surface area contributed by atoms with Crippen LogP contribution in [-0.2, 0) is 34.5 Å². The Morgan fingerprint density at radius 2 is 1.61 bits per heavy atom. The summed E-state index contributed by atoms with van der Waals surface area (Å²) in [5, 5.41) is 22.2. The third-order valence-electron chi connectivity index (χ3n) is 8.67. The number of carbonyl (C=O) groups is 1. The molecule has 2 bridgehead atoms. The first kappa shape index (κ1) is 27.2. The summed E-state index contributed by atoms with van der Waals surface area (Å²) in [6.45, 7) is 0.916. The largest absolute Gasteiger partial charge is 0.498 e. The zero-order valence-corrected chi connectivity index (χ0v) is 23.3. The van der Waals surface area contributed by atoms with Crippen LogP contribution in [0.1, 0.15) is 35.1 Å². The molecular formula is C33H35NO7. The molecule has 2 aliphatic carbocycles. The van der Waals surface area contributed by atoms with Gasteiger partial charge in [0, 0.05) is 23.1 Å². The molecule has 1 saturated heterocycles. The highest BCUT2D eigenvalue weighted by atomic mass is 16.6. The summed E-state index contributed by atoms with van der Waals surface area (Å²) in [5.74, 6) is 1.51. The van der Waals surface area contributed by atoms with E-state index in [-0.39, 0.29) is 13.0 Å². The number of carbonyl (C=O) groups excluding carboxylic acids is 1. The number of methoxy groups -OCH3 is 2. The Morgan fingerprint density at radius 1 is 0.927 bits per heavy atom. The molecule has 3 aromatic rings. The van der Waals surface area contributed by atoms with E-state index in [1.807, 2.05) is 72.8 Å². The van der Waals surface area contributed by atoms with Crippen LogP contribution in [0, 0.1) is 0 Å². The molecule has 0 aromatic heterocycles. The van der Waals surface area contributed by atoms with E-state index in [0.29, 0.717) is 43.3 Å². The average Bonchev–Trinajstić information content (AvgIpc) is 3.00. The van der Waals surface area contributed by atoms with Crippen molar-refractivity contribution in [2.75, 3.05) is 20.8 Å². The first-order valence-electron chi connectivity index (χ1n) is 14.0. The smallest absolute Gasteiger partial charge is 0.410 e. The number of hydrogen-bond acceptors (Lipinski definition) is 7. The highest BCUT2D eigenvalue weighted by Gasteiger charge is 2.58. The van der Waals surface area contributed by atoms with Crippen LogP contribution >= 0.6 is 0 Å². The summed E-state index contributed by atoms with van der Waals surface area (Å²) >= 11 is 0. The Kier molecular flexibility index (Phi) is 7.36. The van der Waals surface area contributed by atoms with Crippen molar-refractivity contribution in [1.29, 1.82) is 0 Å². The lowest BCUT2D eigenvalue weighted by atomic mass is 9.55. The molecule has 1 aliphatic heterocycles. The van der Waals surface area contributed by atoms with Crippen molar-refractivity contribution in [2.24, 2.45) is 0 Å². The lowest BCUT2D eigenvalue weighted by Gasteiger charge is -2.56. The number of piperidine rings is 1. The number of rotatable bonds is 7. The average molecular weight is 558 g/mol. The number of nitrogens with zero attached hydrogens (tertiary/aromatic N) is 1. The van der Waals surface area contributed by atoms with Crippen LogP contribution in [0.5, 0.6) is 11.5 Å². The van der Waals surface area contributed by atoms with E-state index in [9.17, 15) is 15.0 Å². The molecular weight excluding hydrogens is 522 g/mol. The number of ether oxygens (including phenoxy) is 4. The monoisotopic (exact) mass is 557 g/mol. The van der Waals surface area contributed by atoms with E-state index in [1.54, 1.807) is 12.0 Å². The molecule has 0 unspecified atom stereocenters. The van der Waals surface area contributed by atoms with Gasteiger partial charge < -0.3 is 34.1 Å². The molecule has 8 heteroatoms. The molecule has 3 aliphatic rings. The van der Waals surface area contributed by atoms with E-state index < -0.39 is 29.8 Å². The maximum atomic E-state index is 13.5. The van der Waals surface area contributed by atoms with Gasteiger partial charge in [0.2, 0.25) is 0 Å². The minimum absolute atomic E-state index is 0.164. The Balaban J connectivity index is 1.43. The molecule has 3 aromatic carbocycles. The molecule has 4 atom stereocenters. The second-order valence-corrected chi connectivity index (χ2v) is 10.9. The van der Waals surface area contributed by atoms with Gasteiger partial charge in [-0.05, 0) is 42.0 Å². The third kappa shape index (κ3) is 4.71. The van der Waals surface area contributed by atoms with Crippen LogP contribution < -0.4 is 9.47 Å². The van der Waals surface area contributed by atoms with Crippen LogP contribution in [0.25, 0.3) is 0 Å². The van der Waals surface area contributed by atoms with Crippen LogP contribution in [-0.4, -0.2) is 60.2 Å². The van der Waals surface area contributed by atoms with E-state index in [4.69, 9.17) is 18.9 Å². The fourth-order valence-electron chi connectivity index (χ4n) is 6.86. The number of fused-ring (bicyclic) bond motifs is 1. The minimum Gasteiger partial charge on any atom is -0.498 e. The SMILES string of the molecule is COC1=C2[C@@H]3Cc4ccc(OC)c(OCc5ccccc5)c4[C@]2(CCN3C(=O)OCc2ccccc2)C[C@@H](O)[C@@H]1O. The van der Waals surface area contributed by atoms with Crippen LogP contribution in [0.2, 0.25) is 0 Å². The van der Waals surface area contributed by atoms with Crippen molar-refractivity contribution in [2.45, 2.75) is 56.1 Å². The van der Waals surface area contributed by atoms with Gasteiger partial charge >= 0.3 is 6.09 Å². The van der Waals surface area contributed by atoms with Crippen LogP contribution in [0.15, 0.2) is 84.1 Å². The van der Waals surface area contributed by atoms with Gasteiger partial charge in [-0.1, -0.05) is 66.7 Å². The number of likely N-dealkylation sites (tertiary alicyclic amines) is 1. The maximum Gasteiger partial charge on any atom is 0.410 e. The normalized spacial score (nSPS) is 24.7. The molecule has 0 saturated carbocycles. The molecule has 0 spiro atoms. The fourth-order valence-corrected chi connectivity index (χ4v) is 6.86. The van der Waals surface area contributed by atoms with Crippen molar-refractivity contribution in [3.63, 3.8) is 0 Å². The van der Waals surface area contributed by atoms with Crippen molar-refractivity contribution in [3.8, 4) is 11.5 Å². The molecule has 6 rings (SSSR count). The standard InChI is InChI=1S/C33H35NO7/c1-38-26-14-13-23-17-24-28-31(39-2)29(36)25(35)18-33(28,27(23)30(26)40-19-21-9-5-3-6-10-21)15-16-34(24)32(37)41-20-22-11-7-4-8-12-22/h3-14,24-25,29,35-36H,15-20H2,1-2H3/t24-,25+,29-,33-/m0/s1. The topological polar surface area (TPSA) is 97.7 Å². The predicted molar refractivity (Wildman–Crippen MR) is 152 cm³/mol. The summed E-state index contributed by atoms with van der Waals surface area (Å²) in [6, 6.07) is 23.0. The minimum atomic E-state index is -1.20. The zero-order valence-electron chi connectivity index (χ0n) is 23.3. The third-order valence-corrected chi connectivity index (χ3v) is 8.67. The molecule has 214 valence electrons. The van der Waals surface area contributed by atoms with E-state index in [0.717, 1.165) is 27.8 Å². The van der Waals surface area contributed by atoms with Crippen LogP contribution in [0.3, 0.4) is 0 Å². The zero-order chi connectivity index (χ0) is 28.6. The van der Waals surface area contributed by atoms with Gasteiger partial charge in [0.1, 0.15) is 25.1 Å². The molecule has 1 fully saturated rings. The quantitative estimate of drug-likeness (QED) is 0.441. The molecule has 1 amide bonds. The number of aliphatic hydroxyl groups excluding tert-OH is 2. The summed E-state index contributed by atoms with van der Waals surface area (Å²) in [4.78, 5) is 15.2. The first-order valence-corrected chi connectivity index (χ1v) is 14.0. The van der Waals surface area contributed by atoms with Crippen molar-refractivity contribution in [1.82, 2.24) is 4.90 Å². The van der Waals surface area contributed by atoms with Crippen LogP contribution in [0.4, 0.5) is 4.79 Å². The van der Waals surface area contributed by atoms with Gasteiger partial charge in [-0.2, -0.15) is 0 Å². The second-order valence-electron chi connectivity index (χ2n) is 10.9.